The van der Waals surface area contributed by atoms with Gasteiger partial charge in [0.1, 0.15) is 0 Å². The molecule has 2 aliphatic rings. The third-order valence-corrected chi connectivity index (χ3v) is 4.77. The zero-order chi connectivity index (χ0) is 14.3. The normalized spacial score (nSPS) is 19.7. The molecule has 0 spiro atoms. The summed E-state index contributed by atoms with van der Waals surface area (Å²) in [7, 11) is 0. The minimum atomic E-state index is -0.113. The van der Waals surface area contributed by atoms with Gasteiger partial charge in [0.05, 0.1) is 12.2 Å². The van der Waals surface area contributed by atoms with Crippen molar-refractivity contribution in [1.82, 2.24) is 4.90 Å². The minimum Gasteiger partial charge on any atom is -0.323 e. The Morgan fingerprint density at radius 1 is 1.40 bits per heavy atom. The molecule has 0 aromatic heterocycles. The van der Waals surface area contributed by atoms with Crippen LogP contribution in [0, 0.1) is 0 Å². The third-order valence-electron chi connectivity index (χ3n) is 3.46. The number of benzene rings is 1. The largest absolute Gasteiger partial charge is 0.323 e. The molecular formula is C15H16ClN3S. The molecule has 0 saturated heterocycles. The highest BCUT2D eigenvalue weighted by Gasteiger charge is 2.29. The van der Waals surface area contributed by atoms with E-state index in [0.717, 1.165) is 33.6 Å². The lowest BCUT2D eigenvalue weighted by Crippen LogP contribution is -2.32. The number of hydrogen-bond acceptors (Lipinski definition) is 4. The van der Waals surface area contributed by atoms with Gasteiger partial charge in [0.25, 0.3) is 0 Å². The molecular weight excluding hydrogens is 290 g/mol. The Morgan fingerprint density at radius 3 is 2.85 bits per heavy atom. The van der Waals surface area contributed by atoms with Crippen LogP contribution in [0.1, 0.15) is 19.4 Å². The molecule has 2 aliphatic heterocycles. The average Bonchev–Trinajstić information content (AvgIpc) is 2.79. The van der Waals surface area contributed by atoms with Crippen LogP contribution in [-0.2, 0) is 0 Å². The van der Waals surface area contributed by atoms with Crippen LogP contribution in [0.2, 0.25) is 5.02 Å². The number of allylic oxidation sites excluding steroid dienone is 1. The second kappa shape index (κ2) is 5.28. The van der Waals surface area contributed by atoms with Gasteiger partial charge >= 0.3 is 0 Å². The molecule has 0 saturated carbocycles. The Labute approximate surface area is 128 Å². The molecule has 2 N–H and O–H groups in total. The molecule has 0 bridgehead atoms. The Balaban J connectivity index is 2.12. The quantitative estimate of drug-likeness (QED) is 0.906. The van der Waals surface area contributed by atoms with E-state index in [4.69, 9.17) is 22.3 Å². The van der Waals surface area contributed by atoms with Gasteiger partial charge in [-0.25, -0.2) is 4.99 Å². The molecule has 20 heavy (non-hydrogen) atoms. The zero-order valence-electron chi connectivity index (χ0n) is 11.4. The molecule has 5 heteroatoms. The van der Waals surface area contributed by atoms with Crippen molar-refractivity contribution in [3.63, 3.8) is 0 Å². The van der Waals surface area contributed by atoms with E-state index in [0.29, 0.717) is 0 Å². The fraction of sp³-hybridized carbons (Fsp3) is 0.267. The van der Waals surface area contributed by atoms with E-state index in [-0.39, 0.29) is 6.04 Å². The summed E-state index contributed by atoms with van der Waals surface area (Å²) in [5, 5.41) is 3.87. The second-order valence-electron chi connectivity index (χ2n) is 4.99. The van der Waals surface area contributed by atoms with Gasteiger partial charge < -0.3 is 10.6 Å². The lowest BCUT2D eigenvalue weighted by molar-refractivity contribution is 0.581. The SMILES string of the molecule is CC1=CSC2=NC(C(C)N)=C(c3ccccc3Cl)CN12. The number of thioether (sulfide) groups is 1. The summed E-state index contributed by atoms with van der Waals surface area (Å²) in [5.74, 6) is 0. The summed E-state index contributed by atoms with van der Waals surface area (Å²) in [4.78, 5) is 6.95. The van der Waals surface area contributed by atoms with E-state index < -0.39 is 0 Å². The van der Waals surface area contributed by atoms with Crippen LogP contribution in [0.4, 0.5) is 0 Å². The van der Waals surface area contributed by atoms with E-state index in [1.807, 2.05) is 31.2 Å². The first kappa shape index (κ1) is 13.7. The number of fused-ring (bicyclic) bond motifs is 1. The molecule has 3 rings (SSSR count). The molecule has 0 amide bonds. The van der Waals surface area contributed by atoms with Gasteiger partial charge in [-0.05, 0) is 30.9 Å². The lowest BCUT2D eigenvalue weighted by atomic mass is 9.99. The van der Waals surface area contributed by atoms with Gasteiger partial charge in [-0.1, -0.05) is 41.6 Å². The summed E-state index contributed by atoms with van der Waals surface area (Å²) < 4.78 is 0. The fourth-order valence-electron chi connectivity index (χ4n) is 2.41. The molecule has 0 aliphatic carbocycles. The van der Waals surface area contributed by atoms with Gasteiger partial charge in [-0.15, -0.1) is 0 Å². The van der Waals surface area contributed by atoms with Crippen LogP contribution in [0.25, 0.3) is 5.57 Å². The lowest BCUT2D eigenvalue weighted by Gasteiger charge is -2.29. The first-order valence-corrected chi connectivity index (χ1v) is 7.77. The van der Waals surface area contributed by atoms with E-state index in [1.54, 1.807) is 11.8 Å². The highest BCUT2D eigenvalue weighted by atomic mass is 35.5. The number of nitrogens with zero attached hydrogens (tertiary/aromatic N) is 2. The molecule has 1 unspecified atom stereocenters. The van der Waals surface area contributed by atoms with Crippen molar-refractivity contribution >= 4 is 34.1 Å². The molecule has 3 nitrogen and oxygen atoms in total. The van der Waals surface area contributed by atoms with Crippen LogP contribution >= 0.6 is 23.4 Å². The highest BCUT2D eigenvalue weighted by Crippen LogP contribution is 2.37. The van der Waals surface area contributed by atoms with Crippen LogP contribution in [0.3, 0.4) is 0 Å². The first-order valence-electron chi connectivity index (χ1n) is 6.51. The van der Waals surface area contributed by atoms with Crippen LogP contribution in [-0.4, -0.2) is 22.7 Å². The number of nitrogens with two attached hydrogens (primary N) is 1. The smallest absolute Gasteiger partial charge is 0.173 e. The van der Waals surface area contributed by atoms with Crippen LogP contribution in [0.15, 0.2) is 46.1 Å². The van der Waals surface area contributed by atoms with E-state index in [9.17, 15) is 0 Å². The average molecular weight is 306 g/mol. The number of halogens is 1. The van der Waals surface area contributed by atoms with Crippen molar-refractivity contribution in [2.75, 3.05) is 6.54 Å². The third kappa shape index (κ3) is 2.28. The monoisotopic (exact) mass is 305 g/mol. The standard InChI is InChI=1S/C15H16ClN3S/c1-9-8-20-15-18-14(10(2)17)12(7-19(9)15)11-5-3-4-6-13(11)16/h3-6,8,10H,7,17H2,1-2H3. The Morgan fingerprint density at radius 2 is 2.15 bits per heavy atom. The zero-order valence-corrected chi connectivity index (χ0v) is 13.0. The van der Waals surface area contributed by atoms with Crippen molar-refractivity contribution in [3.8, 4) is 0 Å². The summed E-state index contributed by atoms with van der Waals surface area (Å²) in [6, 6.07) is 7.75. The van der Waals surface area contributed by atoms with Gasteiger partial charge in [0.15, 0.2) is 5.17 Å². The molecule has 1 aromatic rings. The van der Waals surface area contributed by atoms with Gasteiger partial charge in [-0.3, -0.25) is 0 Å². The molecule has 2 heterocycles. The van der Waals surface area contributed by atoms with E-state index in [2.05, 4.69) is 17.2 Å². The van der Waals surface area contributed by atoms with E-state index >= 15 is 0 Å². The first-order chi connectivity index (χ1) is 9.58. The van der Waals surface area contributed by atoms with E-state index in [1.165, 1.54) is 5.70 Å². The summed E-state index contributed by atoms with van der Waals surface area (Å²) >= 11 is 7.99. The number of aliphatic imine (C=N–C) groups is 1. The van der Waals surface area contributed by atoms with Crippen molar-refractivity contribution in [1.29, 1.82) is 0 Å². The van der Waals surface area contributed by atoms with Crippen molar-refractivity contribution in [3.05, 3.63) is 51.7 Å². The molecule has 0 radical (unpaired) electrons. The maximum atomic E-state index is 6.35. The molecule has 0 fully saturated rings. The number of rotatable bonds is 2. The van der Waals surface area contributed by atoms with Crippen LogP contribution in [0.5, 0.6) is 0 Å². The maximum Gasteiger partial charge on any atom is 0.173 e. The van der Waals surface area contributed by atoms with Gasteiger partial charge in [0.2, 0.25) is 0 Å². The maximum absolute atomic E-state index is 6.35. The number of amidine groups is 1. The summed E-state index contributed by atoms with van der Waals surface area (Å²) in [6.07, 6.45) is 0. The summed E-state index contributed by atoms with van der Waals surface area (Å²) in [5.41, 5.74) is 10.4. The predicted octanol–water partition coefficient (Wildman–Crippen LogP) is 3.68. The van der Waals surface area contributed by atoms with Crippen LogP contribution < -0.4 is 5.73 Å². The highest BCUT2D eigenvalue weighted by molar-refractivity contribution is 8.16. The fourth-order valence-corrected chi connectivity index (χ4v) is 3.55. The van der Waals surface area contributed by atoms with Crippen molar-refractivity contribution in [2.45, 2.75) is 19.9 Å². The van der Waals surface area contributed by atoms with Crippen molar-refractivity contribution in [2.24, 2.45) is 10.7 Å². The molecule has 1 aromatic carbocycles. The number of hydrogen-bond donors (Lipinski definition) is 1. The Bertz CT molecular complexity index is 646. The topological polar surface area (TPSA) is 41.6 Å². The summed E-state index contributed by atoms with van der Waals surface area (Å²) in [6.45, 7) is 4.83. The van der Waals surface area contributed by atoms with Gasteiger partial charge in [-0.2, -0.15) is 0 Å². The van der Waals surface area contributed by atoms with Crippen molar-refractivity contribution < 1.29 is 0 Å². The molecule has 104 valence electrons. The Hall–Kier alpha value is -1.23. The predicted molar refractivity (Wildman–Crippen MR) is 87.5 cm³/mol. The Kier molecular flexibility index (Phi) is 3.63. The second-order valence-corrected chi connectivity index (χ2v) is 6.23. The molecule has 1 atom stereocenters. The van der Waals surface area contributed by atoms with Gasteiger partial charge in [0, 0.05) is 22.3 Å². The minimum absolute atomic E-state index is 0.113.